The molecule has 1 aromatic carbocycles. The van der Waals surface area contributed by atoms with E-state index in [1.54, 1.807) is 23.1 Å². The first-order chi connectivity index (χ1) is 12.4. The summed E-state index contributed by atoms with van der Waals surface area (Å²) in [5.74, 6) is 0.172. The number of carbonyl (C=O) groups excluding carboxylic acids is 2. The lowest BCUT2D eigenvalue weighted by atomic mass is 9.91. The van der Waals surface area contributed by atoms with Gasteiger partial charge in [0, 0.05) is 41.3 Å². The van der Waals surface area contributed by atoms with E-state index in [0.717, 1.165) is 25.8 Å². The van der Waals surface area contributed by atoms with Crippen LogP contribution in [0.15, 0.2) is 18.2 Å². The maximum absolute atomic E-state index is 13.1. The molecule has 26 heavy (non-hydrogen) atoms. The van der Waals surface area contributed by atoms with E-state index in [1.165, 1.54) is 0 Å². The third kappa shape index (κ3) is 4.16. The van der Waals surface area contributed by atoms with Crippen molar-refractivity contribution in [3.8, 4) is 0 Å². The first kappa shape index (κ1) is 19.5. The molecular weight excluding hydrogens is 373 g/mol. The quantitative estimate of drug-likeness (QED) is 0.851. The fourth-order valence-electron chi connectivity index (χ4n) is 3.96. The van der Waals surface area contributed by atoms with Crippen LogP contribution in [-0.4, -0.2) is 53.3 Å². The highest BCUT2D eigenvalue weighted by molar-refractivity contribution is 6.35. The molecule has 2 amide bonds. The Morgan fingerprint density at radius 2 is 1.77 bits per heavy atom. The topological polar surface area (TPSA) is 66.6 Å². The van der Waals surface area contributed by atoms with Gasteiger partial charge in [0.05, 0.1) is 0 Å². The largest absolute Gasteiger partial charge is 0.341 e. The van der Waals surface area contributed by atoms with Crippen LogP contribution in [0.25, 0.3) is 0 Å². The van der Waals surface area contributed by atoms with Gasteiger partial charge in [-0.25, -0.2) is 0 Å². The molecule has 3 unspecified atom stereocenters. The van der Waals surface area contributed by atoms with E-state index in [2.05, 4.69) is 0 Å². The Bertz CT molecular complexity index is 675. The van der Waals surface area contributed by atoms with Gasteiger partial charge in [0.1, 0.15) is 6.04 Å². The van der Waals surface area contributed by atoms with Gasteiger partial charge in [0.2, 0.25) is 5.91 Å². The maximum Gasteiger partial charge on any atom is 0.254 e. The maximum atomic E-state index is 13.1. The van der Waals surface area contributed by atoms with Crippen molar-refractivity contribution in [2.24, 2.45) is 11.7 Å². The fourth-order valence-corrected chi connectivity index (χ4v) is 4.49. The highest BCUT2D eigenvalue weighted by atomic mass is 35.5. The molecule has 142 valence electrons. The third-order valence-corrected chi connectivity index (χ3v) is 5.86. The number of rotatable bonds is 3. The lowest BCUT2D eigenvalue weighted by Crippen LogP contribution is -2.52. The molecule has 0 radical (unpaired) electrons. The predicted octanol–water partition coefficient (Wildman–Crippen LogP) is 3.18. The molecule has 3 rings (SSSR count). The van der Waals surface area contributed by atoms with Crippen LogP contribution in [0.4, 0.5) is 0 Å². The number of likely N-dealkylation sites (tertiary alicyclic amines) is 2. The number of nitrogens with zero attached hydrogens (tertiary/aromatic N) is 2. The highest BCUT2D eigenvalue weighted by Crippen LogP contribution is 2.27. The Kier molecular flexibility index (Phi) is 6.10. The smallest absolute Gasteiger partial charge is 0.254 e. The van der Waals surface area contributed by atoms with Gasteiger partial charge >= 0.3 is 0 Å². The molecule has 2 heterocycles. The van der Waals surface area contributed by atoms with Gasteiger partial charge in [-0.15, -0.1) is 0 Å². The van der Waals surface area contributed by atoms with Gasteiger partial charge in [-0.05, 0) is 56.7 Å². The highest BCUT2D eigenvalue weighted by Gasteiger charge is 2.38. The summed E-state index contributed by atoms with van der Waals surface area (Å²) in [5, 5.41) is 0.831. The summed E-state index contributed by atoms with van der Waals surface area (Å²) < 4.78 is 0. The van der Waals surface area contributed by atoms with Crippen LogP contribution in [0.3, 0.4) is 0 Å². The van der Waals surface area contributed by atoms with Crippen LogP contribution < -0.4 is 5.73 Å². The van der Waals surface area contributed by atoms with Crippen molar-refractivity contribution in [3.05, 3.63) is 33.8 Å². The summed E-state index contributed by atoms with van der Waals surface area (Å²) in [6.07, 6.45) is 3.53. The first-order valence-electron chi connectivity index (χ1n) is 9.18. The van der Waals surface area contributed by atoms with Crippen molar-refractivity contribution >= 4 is 35.0 Å². The molecule has 0 spiro atoms. The van der Waals surface area contributed by atoms with Gasteiger partial charge in [0.15, 0.2) is 0 Å². The molecule has 3 atom stereocenters. The van der Waals surface area contributed by atoms with Crippen LogP contribution in [0.2, 0.25) is 10.0 Å². The van der Waals surface area contributed by atoms with E-state index >= 15 is 0 Å². The molecular formula is C19H25Cl2N3O2. The molecule has 2 saturated heterocycles. The number of hydrogen-bond acceptors (Lipinski definition) is 3. The molecule has 0 aliphatic carbocycles. The number of hydrogen-bond donors (Lipinski definition) is 1. The SMILES string of the molecule is CC(N)C1CCCN(C(=O)C2CCCN2C(=O)c2cc(Cl)cc(Cl)c2)C1. The number of piperidine rings is 1. The summed E-state index contributed by atoms with van der Waals surface area (Å²) >= 11 is 12.1. The summed E-state index contributed by atoms with van der Waals surface area (Å²) in [7, 11) is 0. The molecule has 1 aromatic rings. The minimum Gasteiger partial charge on any atom is -0.341 e. The Morgan fingerprint density at radius 1 is 1.12 bits per heavy atom. The van der Waals surface area contributed by atoms with E-state index in [4.69, 9.17) is 28.9 Å². The zero-order valence-corrected chi connectivity index (χ0v) is 16.5. The van der Waals surface area contributed by atoms with E-state index < -0.39 is 6.04 Å². The van der Waals surface area contributed by atoms with Crippen molar-refractivity contribution in [2.75, 3.05) is 19.6 Å². The molecule has 0 aromatic heterocycles. The number of amides is 2. The van der Waals surface area contributed by atoms with Crippen molar-refractivity contribution in [3.63, 3.8) is 0 Å². The molecule has 0 bridgehead atoms. The molecule has 0 saturated carbocycles. The van der Waals surface area contributed by atoms with E-state index in [0.29, 0.717) is 41.0 Å². The van der Waals surface area contributed by atoms with Gasteiger partial charge in [-0.3, -0.25) is 9.59 Å². The summed E-state index contributed by atoms with van der Waals surface area (Å²) in [4.78, 5) is 29.6. The average molecular weight is 398 g/mol. The van der Waals surface area contributed by atoms with Crippen LogP contribution in [0.1, 0.15) is 43.0 Å². The summed E-state index contributed by atoms with van der Waals surface area (Å²) in [6.45, 7) is 3.98. The van der Waals surface area contributed by atoms with Crippen molar-refractivity contribution in [1.29, 1.82) is 0 Å². The van der Waals surface area contributed by atoms with Crippen molar-refractivity contribution in [1.82, 2.24) is 9.80 Å². The number of halogens is 2. The van der Waals surface area contributed by atoms with Crippen molar-refractivity contribution in [2.45, 2.75) is 44.7 Å². The Balaban J connectivity index is 1.75. The van der Waals surface area contributed by atoms with Crippen LogP contribution >= 0.6 is 23.2 Å². The first-order valence-corrected chi connectivity index (χ1v) is 9.94. The minimum atomic E-state index is -0.410. The second-order valence-electron chi connectivity index (χ2n) is 7.36. The molecule has 2 aliphatic heterocycles. The second kappa shape index (κ2) is 8.15. The van der Waals surface area contributed by atoms with Gasteiger partial charge in [-0.2, -0.15) is 0 Å². The standard InChI is InChI=1S/C19H25Cl2N3O2/c1-12(22)13-4-2-6-23(11-13)19(26)17-5-3-7-24(17)18(25)14-8-15(20)10-16(21)9-14/h8-10,12-13,17H,2-7,11,22H2,1H3. The number of benzene rings is 1. The zero-order chi connectivity index (χ0) is 18.8. The Labute approximate surface area is 164 Å². The van der Waals surface area contributed by atoms with E-state index in [1.807, 2.05) is 11.8 Å². The van der Waals surface area contributed by atoms with Gasteiger partial charge in [0.25, 0.3) is 5.91 Å². The van der Waals surface area contributed by atoms with E-state index in [9.17, 15) is 9.59 Å². The van der Waals surface area contributed by atoms with Gasteiger partial charge < -0.3 is 15.5 Å². The van der Waals surface area contributed by atoms with Crippen LogP contribution in [0, 0.1) is 5.92 Å². The summed E-state index contributed by atoms with van der Waals surface area (Å²) in [5.41, 5.74) is 6.46. The van der Waals surface area contributed by atoms with Crippen LogP contribution in [-0.2, 0) is 4.79 Å². The zero-order valence-electron chi connectivity index (χ0n) is 15.0. The molecule has 2 N–H and O–H groups in total. The third-order valence-electron chi connectivity index (χ3n) is 5.42. The Morgan fingerprint density at radius 3 is 2.42 bits per heavy atom. The Hall–Kier alpha value is -1.30. The average Bonchev–Trinajstić information content (AvgIpc) is 3.09. The van der Waals surface area contributed by atoms with E-state index in [-0.39, 0.29) is 17.9 Å². The monoisotopic (exact) mass is 397 g/mol. The van der Waals surface area contributed by atoms with Gasteiger partial charge in [-0.1, -0.05) is 23.2 Å². The second-order valence-corrected chi connectivity index (χ2v) is 8.23. The van der Waals surface area contributed by atoms with Crippen LogP contribution in [0.5, 0.6) is 0 Å². The molecule has 5 nitrogen and oxygen atoms in total. The van der Waals surface area contributed by atoms with Crippen molar-refractivity contribution < 1.29 is 9.59 Å². The lowest BCUT2D eigenvalue weighted by molar-refractivity contribution is -0.137. The lowest BCUT2D eigenvalue weighted by Gasteiger charge is -2.37. The molecule has 2 aliphatic rings. The number of nitrogens with two attached hydrogens (primary N) is 1. The normalized spacial score (nSPS) is 24.6. The predicted molar refractivity (Wildman–Crippen MR) is 103 cm³/mol. The summed E-state index contributed by atoms with van der Waals surface area (Å²) in [6, 6.07) is 4.45. The fraction of sp³-hybridized carbons (Fsp3) is 0.579. The number of carbonyl (C=O) groups is 2. The minimum absolute atomic E-state index is 0.0364. The molecule has 2 fully saturated rings. The molecule has 7 heteroatoms.